The number of nitrogens with one attached hydrogen (secondary N) is 1. The van der Waals surface area contributed by atoms with Crippen LogP contribution in [0.5, 0.6) is 0 Å². The number of rotatable bonds is 10. The van der Waals surface area contributed by atoms with Crippen LogP contribution < -0.4 is 5.32 Å². The Morgan fingerprint density at radius 2 is 1.80 bits per heavy atom. The van der Waals surface area contributed by atoms with E-state index in [1.807, 2.05) is 32.0 Å². The van der Waals surface area contributed by atoms with E-state index in [0.717, 1.165) is 17.7 Å². The van der Waals surface area contributed by atoms with Gasteiger partial charge < -0.3 is 10.2 Å². The maximum absolute atomic E-state index is 13.1. The summed E-state index contributed by atoms with van der Waals surface area (Å²) in [7, 11) is 0. The van der Waals surface area contributed by atoms with E-state index in [1.165, 1.54) is 11.1 Å². The van der Waals surface area contributed by atoms with E-state index >= 15 is 0 Å². The molecule has 0 saturated heterocycles. The van der Waals surface area contributed by atoms with E-state index in [9.17, 15) is 9.59 Å². The van der Waals surface area contributed by atoms with Crippen molar-refractivity contribution in [2.24, 2.45) is 0 Å². The van der Waals surface area contributed by atoms with Crippen LogP contribution in [0.2, 0.25) is 5.02 Å². The highest BCUT2D eigenvalue weighted by molar-refractivity contribution is 7.99. The highest BCUT2D eigenvalue weighted by Crippen LogP contribution is 2.18. The minimum atomic E-state index is -0.564. The van der Waals surface area contributed by atoms with E-state index in [0.29, 0.717) is 17.3 Å². The van der Waals surface area contributed by atoms with Crippen LogP contribution in [0.15, 0.2) is 48.5 Å². The second-order valence-electron chi connectivity index (χ2n) is 7.62. The first-order valence-corrected chi connectivity index (χ1v) is 11.8. The molecule has 0 radical (unpaired) electrons. The highest BCUT2D eigenvalue weighted by atomic mass is 35.5. The normalized spacial score (nSPS) is 12.8. The summed E-state index contributed by atoms with van der Waals surface area (Å²) in [5.74, 6) is 0.877. The molecule has 0 aliphatic carbocycles. The maximum Gasteiger partial charge on any atom is 0.242 e. The largest absolute Gasteiger partial charge is 0.352 e. The summed E-state index contributed by atoms with van der Waals surface area (Å²) in [6, 6.07) is 15.2. The Morgan fingerprint density at radius 1 is 1.10 bits per heavy atom. The predicted molar refractivity (Wildman–Crippen MR) is 127 cm³/mol. The fourth-order valence-corrected chi connectivity index (χ4v) is 3.99. The minimum Gasteiger partial charge on any atom is -0.352 e. The Hall–Kier alpha value is -1.98. The number of halogens is 1. The third-order valence-corrected chi connectivity index (χ3v) is 6.25. The number of hydrogen-bond acceptors (Lipinski definition) is 3. The molecule has 0 fully saturated rings. The first-order chi connectivity index (χ1) is 14.3. The number of carbonyl (C=O) groups is 2. The van der Waals surface area contributed by atoms with Gasteiger partial charge in [0.1, 0.15) is 6.04 Å². The Kier molecular flexibility index (Phi) is 9.73. The van der Waals surface area contributed by atoms with Gasteiger partial charge in [0.2, 0.25) is 11.8 Å². The van der Waals surface area contributed by atoms with Crippen molar-refractivity contribution < 1.29 is 9.59 Å². The van der Waals surface area contributed by atoms with Gasteiger partial charge in [0, 0.05) is 23.4 Å². The monoisotopic (exact) mass is 446 g/mol. The Balaban J connectivity index is 2.07. The highest BCUT2D eigenvalue weighted by Gasteiger charge is 2.26. The molecule has 2 atom stereocenters. The lowest BCUT2D eigenvalue weighted by Gasteiger charge is -2.29. The van der Waals surface area contributed by atoms with Crippen LogP contribution in [0.3, 0.4) is 0 Å². The summed E-state index contributed by atoms with van der Waals surface area (Å²) in [5, 5.41) is 3.60. The zero-order chi connectivity index (χ0) is 22.1. The molecule has 2 rings (SSSR count). The van der Waals surface area contributed by atoms with Gasteiger partial charge in [0.15, 0.2) is 0 Å². The zero-order valence-electron chi connectivity index (χ0n) is 18.2. The third-order valence-electron chi connectivity index (χ3n) is 5.03. The van der Waals surface area contributed by atoms with Crippen LogP contribution >= 0.6 is 23.4 Å². The molecule has 0 aliphatic heterocycles. The molecule has 0 unspecified atom stereocenters. The summed E-state index contributed by atoms with van der Waals surface area (Å²) in [5.41, 5.74) is 3.30. The van der Waals surface area contributed by atoms with Crippen LogP contribution in [0, 0.1) is 6.92 Å². The van der Waals surface area contributed by atoms with Gasteiger partial charge in [0.25, 0.3) is 0 Å². The molecule has 2 aromatic carbocycles. The van der Waals surface area contributed by atoms with E-state index < -0.39 is 6.04 Å². The van der Waals surface area contributed by atoms with Crippen molar-refractivity contribution in [2.45, 2.75) is 58.5 Å². The van der Waals surface area contributed by atoms with Crippen LogP contribution in [0.4, 0.5) is 0 Å². The van der Waals surface area contributed by atoms with Crippen molar-refractivity contribution in [3.05, 3.63) is 70.2 Å². The molecule has 6 heteroatoms. The molecule has 0 aromatic heterocycles. The maximum atomic E-state index is 13.1. The van der Waals surface area contributed by atoms with Crippen molar-refractivity contribution in [3.8, 4) is 0 Å². The number of benzene rings is 2. The van der Waals surface area contributed by atoms with E-state index in [-0.39, 0.29) is 17.9 Å². The van der Waals surface area contributed by atoms with Crippen LogP contribution in [0.25, 0.3) is 0 Å². The van der Waals surface area contributed by atoms with Crippen LogP contribution in [-0.2, 0) is 21.9 Å². The minimum absolute atomic E-state index is 0.0566. The lowest BCUT2D eigenvalue weighted by atomic mass is 10.1. The Labute approximate surface area is 189 Å². The second-order valence-corrected chi connectivity index (χ2v) is 9.05. The molecule has 0 saturated carbocycles. The molecule has 162 valence electrons. The summed E-state index contributed by atoms with van der Waals surface area (Å²) in [6.45, 7) is 8.17. The molecule has 30 heavy (non-hydrogen) atoms. The number of carbonyl (C=O) groups excluding carboxylic acids is 2. The van der Waals surface area contributed by atoms with Crippen molar-refractivity contribution in [1.82, 2.24) is 10.2 Å². The van der Waals surface area contributed by atoms with Crippen molar-refractivity contribution in [1.29, 1.82) is 0 Å². The van der Waals surface area contributed by atoms with E-state index in [2.05, 4.69) is 36.5 Å². The van der Waals surface area contributed by atoms with Crippen LogP contribution in [0.1, 0.15) is 43.9 Å². The average molecular weight is 447 g/mol. The fourth-order valence-electron chi connectivity index (χ4n) is 2.90. The van der Waals surface area contributed by atoms with Gasteiger partial charge in [-0.1, -0.05) is 60.5 Å². The molecule has 2 aromatic rings. The summed E-state index contributed by atoms with van der Waals surface area (Å²) < 4.78 is 0. The third kappa shape index (κ3) is 7.69. The van der Waals surface area contributed by atoms with Crippen molar-refractivity contribution >= 4 is 35.2 Å². The van der Waals surface area contributed by atoms with Gasteiger partial charge >= 0.3 is 0 Å². The fraction of sp³-hybridized carbons (Fsp3) is 0.417. The molecule has 0 bridgehead atoms. The standard InChI is InChI=1S/C24H31ClN2O2S/c1-5-18(3)26-24(29)19(4)27(14-21-7-6-8-22(25)13-21)23(28)16-30-15-20-11-9-17(2)10-12-20/h6-13,18-19H,5,14-16H2,1-4H3,(H,26,29)/t18-,19-/m1/s1. The van der Waals surface area contributed by atoms with Crippen molar-refractivity contribution in [3.63, 3.8) is 0 Å². The quantitative estimate of drug-likeness (QED) is 0.544. The van der Waals surface area contributed by atoms with Gasteiger partial charge in [-0.05, 0) is 50.5 Å². The second kappa shape index (κ2) is 12.0. The van der Waals surface area contributed by atoms with E-state index in [4.69, 9.17) is 11.6 Å². The Morgan fingerprint density at radius 3 is 2.43 bits per heavy atom. The molecule has 0 heterocycles. The van der Waals surface area contributed by atoms with Gasteiger partial charge in [-0.3, -0.25) is 9.59 Å². The molecule has 1 N–H and O–H groups in total. The van der Waals surface area contributed by atoms with Gasteiger partial charge in [-0.25, -0.2) is 0 Å². The molecule has 4 nitrogen and oxygen atoms in total. The SMILES string of the molecule is CC[C@@H](C)NC(=O)[C@@H](C)N(Cc1cccc(Cl)c1)C(=O)CSCc1ccc(C)cc1. The molecule has 0 aliphatic rings. The zero-order valence-corrected chi connectivity index (χ0v) is 19.7. The topological polar surface area (TPSA) is 49.4 Å². The molecule has 0 spiro atoms. The van der Waals surface area contributed by atoms with Gasteiger partial charge in [0.05, 0.1) is 5.75 Å². The summed E-state index contributed by atoms with van der Waals surface area (Å²) >= 11 is 7.67. The smallest absolute Gasteiger partial charge is 0.242 e. The number of aryl methyl sites for hydroxylation is 1. The average Bonchev–Trinajstić information content (AvgIpc) is 2.72. The number of amides is 2. The summed E-state index contributed by atoms with van der Waals surface area (Å²) in [6.07, 6.45) is 0.840. The van der Waals surface area contributed by atoms with E-state index in [1.54, 1.807) is 29.7 Å². The first kappa shape index (κ1) is 24.3. The van der Waals surface area contributed by atoms with Gasteiger partial charge in [-0.2, -0.15) is 0 Å². The molecule has 2 amide bonds. The summed E-state index contributed by atoms with van der Waals surface area (Å²) in [4.78, 5) is 27.4. The molecular formula is C24H31ClN2O2S. The predicted octanol–water partition coefficient (Wildman–Crippen LogP) is 5.21. The molecular weight excluding hydrogens is 416 g/mol. The number of hydrogen-bond donors (Lipinski definition) is 1. The lowest BCUT2D eigenvalue weighted by Crippen LogP contribution is -2.50. The van der Waals surface area contributed by atoms with Gasteiger partial charge in [-0.15, -0.1) is 11.8 Å². The number of thioether (sulfide) groups is 1. The van der Waals surface area contributed by atoms with Crippen molar-refractivity contribution in [2.75, 3.05) is 5.75 Å². The van der Waals surface area contributed by atoms with Crippen LogP contribution in [-0.4, -0.2) is 34.6 Å². The Bertz CT molecular complexity index is 841. The lowest BCUT2D eigenvalue weighted by molar-refractivity contribution is -0.138. The first-order valence-electron chi connectivity index (χ1n) is 10.3. The number of nitrogens with zero attached hydrogens (tertiary/aromatic N) is 1.